The maximum Gasteiger partial charge on any atom is 0.159 e. The highest BCUT2D eigenvalue weighted by atomic mass is 16.3. The Morgan fingerprint density at radius 1 is 0.233 bits per heavy atom. The molecule has 0 saturated heterocycles. The van der Waals surface area contributed by atoms with E-state index in [1.807, 2.05) is 24.3 Å². The summed E-state index contributed by atoms with van der Waals surface area (Å²) in [7, 11) is 0. The summed E-state index contributed by atoms with van der Waals surface area (Å²) in [5.41, 5.74) is 15.6. The molecule has 0 aliphatic carbocycles. The monoisotopic (exact) mass is 934 g/mol. The number of rotatable bonds is 8. The molecule has 0 aliphatic rings. The zero-order valence-electron chi connectivity index (χ0n) is 39.4. The molecule has 0 fully saturated rings. The van der Waals surface area contributed by atoms with Crippen molar-refractivity contribution in [1.29, 1.82) is 0 Å². The summed E-state index contributed by atoms with van der Waals surface area (Å²) in [5.74, 6) is 0. The lowest BCUT2D eigenvalue weighted by atomic mass is 10.00. The summed E-state index contributed by atoms with van der Waals surface area (Å²) in [4.78, 5) is 4.69. The van der Waals surface area contributed by atoms with Crippen LogP contribution in [-0.2, 0) is 0 Å². The number of anilines is 6. The van der Waals surface area contributed by atoms with Gasteiger partial charge in [-0.05, 0) is 118 Å². The van der Waals surface area contributed by atoms with Crippen LogP contribution < -0.4 is 9.80 Å². The molecule has 342 valence electrons. The van der Waals surface area contributed by atoms with Crippen LogP contribution in [0, 0.1) is 0 Å². The Kier molecular flexibility index (Phi) is 9.19. The third-order valence-corrected chi connectivity index (χ3v) is 14.6. The van der Waals surface area contributed by atoms with Gasteiger partial charge in [0, 0.05) is 54.8 Å². The number of para-hydroxylation sites is 6. The van der Waals surface area contributed by atoms with E-state index < -0.39 is 0 Å². The van der Waals surface area contributed by atoms with Crippen molar-refractivity contribution in [2.24, 2.45) is 0 Å². The summed E-state index contributed by atoms with van der Waals surface area (Å²) >= 11 is 0. The fourth-order valence-electron chi connectivity index (χ4n) is 11.2. The minimum Gasteiger partial charge on any atom is -0.456 e. The number of nitrogens with zero attached hydrogens (tertiary/aromatic N) is 2. The van der Waals surface area contributed by atoms with Crippen molar-refractivity contribution in [2.45, 2.75) is 0 Å². The first kappa shape index (κ1) is 41.0. The van der Waals surface area contributed by atoms with E-state index >= 15 is 0 Å². The molecule has 12 aromatic carbocycles. The van der Waals surface area contributed by atoms with E-state index in [0.717, 1.165) is 144 Å². The summed E-state index contributed by atoms with van der Waals surface area (Å²) in [6, 6.07) is 90.3. The fraction of sp³-hybridized carbons (Fsp3) is 0. The zero-order chi connectivity index (χ0) is 48.0. The number of hydrogen-bond acceptors (Lipinski definition) is 5. The van der Waals surface area contributed by atoms with Gasteiger partial charge in [0.05, 0.1) is 22.7 Å². The molecule has 3 heterocycles. The average molecular weight is 935 g/mol. The molecular formula is C68H42N2O3. The predicted molar refractivity (Wildman–Crippen MR) is 304 cm³/mol. The van der Waals surface area contributed by atoms with Gasteiger partial charge in [-0.15, -0.1) is 0 Å². The van der Waals surface area contributed by atoms with E-state index in [1.54, 1.807) is 0 Å². The Hall–Kier alpha value is -9.84. The fourth-order valence-corrected chi connectivity index (χ4v) is 11.2. The maximum atomic E-state index is 6.89. The zero-order valence-corrected chi connectivity index (χ0v) is 39.4. The van der Waals surface area contributed by atoms with Gasteiger partial charge >= 0.3 is 0 Å². The lowest BCUT2D eigenvalue weighted by Crippen LogP contribution is -2.11. The van der Waals surface area contributed by atoms with Crippen molar-refractivity contribution in [1.82, 2.24) is 0 Å². The van der Waals surface area contributed by atoms with Crippen LogP contribution in [0.4, 0.5) is 34.1 Å². The van der Waals surface area contributed by atoms with Gasteiger partial charge in [0.2, 0.25) is 0 Å². The van der Waals surface area contributed by atoms with Gasteiger partial charge < -0.3 is 23.1 Å². The molecule has 73 heavy (non-hydrogen) atoms. The lowest BCUT2D eigenvalue weighted by molar-refractivity contribution is 0.668. The van der Waals surface area contributed by atoms with Crippen LogP contribution in [0.15, 0.2) is 268 Å². The normalized spacial score (nSPS) is 11.8. The van der Waals surface area contributed by atoms with Crippen LogP contribution in [0.25, 0.3) is 110 Å². The molecule has 3 aromatic heterocycles. The Bertz CT molecular complexity index is 4350. The van der Waals surface area contributed by atoms with Gasteiger partial charge in [-0.3, -0.25) is 0 Å². The SMILES string of the molecule is c1ccc(-c2ccccc2N(c2ccc3cc4c(cc3c2)oc2cc3cc(N(c5ccccc5-c5ccccc5)c5cccc6c5oc5ccccc56)ccc3cc24)c2cccc3c2oc2ccccc23)cc1. The Labute approximate surface area is 419 Å². The predicted octanol–water partition coefficient (Wildman–Crippen LogP) is 20.0. The van der Waals surface area contributed by atoms with Gasteiger partial charge in [0.25, 0.3) is 0 Å². The van der Waals surface area contributed by atoms with Crippen molar-refractivity contribution in [3.63, 3.8) is 0 Å². The summed E-state index contributed by atoms with van der Waals surface area (Å²) in [5, 5.41) is 10.9. The highest BCUT2D eigenvalue weighted by molar-refractivity contribution is 6.16. The molecule has 0 aliphatic heterocycles. The minimum absolute atomic E-state index is 0.834. The second-order valence-electron chi connectivity index (χ2n) is 18.8. The average Bonchev–Trinajstić information content (AvgIpc) is 4.14. The first-order valence-electron chi connectivity index (χ1n) is 24.7. The molecule has 0 saturated carbocycles. The number of hydrogen-bond donors (Lipinski definition) is 0. The molecule has 0 amide bonds. The van der Waals surface area contributed by atoms with E-state index in [0.29, 0.717) is 0 Å². The van der Waals surface area contributed by atoms with Crippen LogP contribution in [0.2, 0.25) is 0 Å². The van der Waals surface area contributed by atoms with Crippen LogP contribution >= 0.6 is 0 Å². The second kappa shape index (κ2) is 16.4. The highest BCUT2D eigenvalue weighted by Crippen LogP contribution is 2.49. The van der Waals surface area contributed by atoms with Crippen molar-refractivity contribution in [3.05, 3.63) is 255 Å². The number of fused-ring (bicyclic) bond motifs is 11. The summed E-state index contributed by atoms with van der Waals surface area (Å²) < 4.78 is 20.3. The van der Waals surface area contributed by atoms with Crippen molar-refractivity contribution < 1.29 is 13.3 Å². The molecule has 15 aromatic rings. The van der Waals surface area contributed by atoms with E-state index in [9.17, 15) is 0 Å². The summed E-state index contributed by atoms with van der Waals surface area (Å²) in [6.07, 6.45) is 0. The topological polar surface area (TPSA) is 45.9 Å². The molecule has 0 radical (unpaired) electrons. The van der Waals surface area contributed by atoms with Crippen molar-refractivity contribution in [2.75, 3.05) is 9.80 Å². The van der Waals surface area contributed by atoms with Crippen LogP contribution in [0.1, 0.15) is 0 Å². The molecule has 0 atom stereocenters. The lowest BCUT2D eigenvalue weighted by Gasteiger charge is -2.28. The Morgan fingerprint density at radius 3 is 1.11 bits per heavy atom. The first-order valence-corrected chi connectivity index (χ1v) is 24.7. The molecule has 0 unspecified atom stereocenters. The van der Waals surface area contributed by atoms with Gasteiger partial charge in [-0.1, -0.05) is 170 Å². The van der Waals surface area contributed by atoms with Crippen molar-refractivity contribution in [3.8, 4) is 22.3 Å². The van der Waals surface area contributed by atoms with Crippen LogP contribution in [0.5, 0.6) is 0 Å². The molecule has 15 rings (SSSR count). The van der Waals surface area contributed by atoms with Gasteiger partial charge in [-0.25, -0.2) is 0 Å². The molecule has 0 bridgehead atoms. The maximum absolute atomic E-state index is 6.89. The number of furan rings is 3. The van der Waals surface area contributed by atoms with Gasteiger partial charge in [0.1, 0.15) is 22.3 Å². The largest absolute Gasteiger partial charge is 0.456 e. The molecule has 0 spiro atoms. The van der Waals surface area contributed by atoms with Crippen LogP contribution in [0.3, 0.4) is 0 Å². The Balaban J connectivity index is 0.887. The number of benzene rings is 12. The van der Waals surface area contributed by atoms with Crippen molar-refractivity contribution >= 4 is 121 Å². The summed E-state index contributed by atoms with van der Waals surface area (Å²) in [6.45, 7) is 0. The van der Waals surface area contributed by atoms with E-state index in [2.05, 4.69) is 240 Å². The Morgan fingerprint density at radius 2 is 0.630 bits per heavy atom. The van der Waals surface area contributed by atoms with Gasteiger partial charge in [0.15, 0.2) is 11.2 Å². The van der Waals surface area contributed by atoms with Crippen LogP contribution in [-0.4, -0.2) is 0 Å². The smallest absolute Gasteiger partial charge is 0.159 e. The molecule has 5 heteroatoms. The van der Waals surface area contributed by atoms with Gasteiger partial charge in [-0.2, -0.15) is 0 Å². The minimum atomic E-state index is 0.834. The quantitative estimate of drug-likeness (QED) is 0.152. The van der Waals surface area contributed by atoms with E-state index in [4.69, 9.17) is 13.3 Å². The van der Waals surface area contributed by atoms with E-state index in [-0.39, 0.29) is 0 Å². The highest BCUT2D eigenvalue weighted by Gasteiger charge is 2.25. The molecular weight excluding hydrogens is 893 g/mol. The standard InChI is InChI=1S/C68H42N2O3/c1-3-17-43(18-4-1)51-21-7-11-27-59(51)69(61-29-15-25-55-53-23-9-13-31-63(53)72-67(55)61)49-35-33-45-39-57-58-40-46-34-36-50(38-48(46)42-66(58)71-65(57)41-47(45)37-49)70(60-28-12-8-22-52(60)44-19-5-2-6-20-44)62-30-16-26-56-54-24-10-14-32-64(54)73-68(56)62/h1-42H. The van der Waals surface area contributed by atoms with E-state index in [1.165, 1.54) is 0 Å². The third-order valence-electron chi connectivity index (χ3n) is 14.6. The second-order valence-corrected chi connectivity index (χ2v) is 18.8. The molecule has 0 N–H and O–H groups in total. The molecule has 5 nitrogen and oxygen atoms in total. The third kappa shape index (κ3) is 6.63. The first-order chi connectivity index (χ1) is 36.2.